The fourth-order valence-corrected chi connectivity index (χ4v) is 1.84. The van der Waals surface area contributed by atoms with E-state index in [-0.39, 0.29) is 17.0 Å². The summed E-state index contributed by atoms with van der Waals surface area (Å²) in [5.41, 5.74) is -0.239. The molecular formula is C12H13FN2O3S. The number of carbonyl (C=O) groups is 1. The summed E-state index contributed by atoms with van der Waals surface area (Å²) in [5, 5.41) is 7.33. The van der Waals surface area contributed by atoms with Crippen molar-refractivity contribution in [1.82, 2.24) is 5.32 Å². The molecule has 0 saturated carbocycles. The lowest BCUT2D eigenvalue weighted by Crippen LogP contribution is -2.25. The van der Waals surface area contributed by atoms with Crippen molar-refractivity contribution in [2.24, 2.45) is 5.14 Å². The van der Waals surface area contributed by atoms with E-state index in [0.29, 0.717) is 6.42 Å². The number of benzene rings is 1. The first-order valence-electron chi connectivity index (χ1n) is 5.36. The van der Waals surface area contributed by atoms with E-state index in [0.717, 1.165) is 18.2 Å². The third-order valence-electron chi connectivity index (χ3n) is 2.23. The van der Waals surface area contributed by atoms with Crippen LogP contribution in [0, 0.1) is 17.7 Å². The van der Waals surface area contributed by atoms with Gasteiger partial charge < -0.3 is 5.32 Å². The van der Waals surface area contributed by atoms with Crippen molar-refractivity contribution < 1.29 is 17.6 Å². The van der Waals surface area contributed by atoms with Crippen LogP contribution in [-0.2, 0) is 10.0 Å². The van der Waals surface area contributed by atoms with Gasteiger partial charge in [0.15, 0.2) is 0 Å². The number of hydrogen-bond donors (Lipinski definition) is 2. The van der Waals surface area contributed by atoms with Gasteiger partial charge >= 0.3 is 0 Å². The second kappa shape index (κ2) is 6.31. The zero-order chi connectivity index (χ0) is 14.5. The quantitative estimate of drug-likeness (QED) is 0.627. The van der Waals surface area contributed by atoms with Crippen LogP contribution in [0.4, 0.5) is 4.39 Å². The monoisotopic (exact) mass is 284 g/mol. The Kier molecular flexibility index (Phi) is 5.03. The minimum atomic E-state index is -3.98. The molecule has 1 rings (SSSR count). The fourth-order valence-electron chi connectivity index (χ4n) is 1.32. The highest BCUT2D eigenvalue weighted by atomic mass is 32.2. The van der Waals surface area contributed by atoms with Gasteiger partial charge in [-0.2, -0.15) is 0 Å². The number of nitrogens with two attached hydrogens (primary N) is 1. The van der Waals surface area contributed by atoms with Crippen LogP contribution in [0.3, 0.4) is 0 Å². The Morgan fingerprint density at radius 3 is 2.68 bits per heavy atom. The summed E-state index contributed by atoms with van der Waals surface area (Å²) in [6.07, 6.45) is 0.457. The van der Waals surface area contributed by atoms with Gasteiger partial charge in [0.25, 0.3) is 5.91 Å². The lowest BCUT2D eigenvalue weighted by Gasteiger charge is -2.05. The zero-order valence-corrected chi connectivity index (χ0v) is 11.1. The average Bonchev–Trinajstić information content (AvgIpc) is 2.33. The zero-order valence-electron chi connectivity index (χ0n) is 10.2. The molecule has 102 valence electrons. The van der Waals surface area contributed by atoms with Crippen molar-refractivity contribution in [1.29, 1.82) is 0 Å². The van der Waals surface area contributed by atoms with Crippen molar-refractivity contribution in [2.75, 3.05) is 6.54 Å². The summed E-state index contributed by atoms with van der Waals surface area (Å²) in [6.45, 7) is 1.96. The van der Waals surface area contributed by atoms with Gasteiger partial charge in [0.05, 0.1) is 10.5 Å². The Balaban J connectivity index is 2.84. The molecule has 0 radical (unpaired) electrons. The SMILES string of the molecule is CC#CCCNC(=O)c1ccc(S(N)(=O)=O)cc1F. The van der Waals surface area contributed by atoms with Crippen LogP contribution in [0.5, 0.6) is 0 Å². The largest absolute Gasteiger partial charge is 0.351 e. The van der Waals surface area contributed by atoms with Crippen molar-refractivity contribution in [2.45, 2.75) is 18.2 Å². The minimum absolute atomic E-state index is 0.239. The maximum Gasteiger partial charge on any atom is 0.254 e. The summed E-state index contributed by atoms with van der Waals surface area (Å²) in [4.78, 5) is 11.2. The van der Waals surface area contributed by atoms with E-state index in [1.54, 1.807) is 6.92 Å². The van der Waals surface area contributed by atoms with Crippen molar-refractivity contribution in [3.8, 4) is 11.8 Å². The highest BCUT2D eigenvalue weighted by molar-refractivity contribution is 7.89. The molecule has 0 unspecified atom stereocenters. The number of halogens is 1. The molecule has 1 aromatic carbocycles. The average molecular weight is 284 g/mol. The Bertz CT molecular complexity index is 645. The van der Waals surface area contributed by atoms with E-state index in [4.69, 9.17) is 5.14 Å². The first-order valence-corrected chi connectivity index (χ1v) is 6.91. The van der Waals surface area contributed by atoms with Crippen LogP contribution in [0.1, 0.15) is 23.7 Å². The van der Waals surface area contributed by atoms with E-state index in [1.807, 2.05) is 0 Å². The predicted molar refractivity (Wildman–Crippen MR) is 68.2 cm³/mol. The summed E-state index contributed by atoms with van der Waals surface area (Å²) in [5.74, 6) is 3.84. The Hall–Kier alpha value is -1.91. The van der Waals surface area contributed by atoms with E-state index < -0.39 is 21.7 Å². The summed E-state index contributed by atoms with van der Waals surface area (Å²) >= 11 is 0. The predicted octanol–water partition coefficient (Wildman–Crippen LogP) is 0.616. The van der Waals surface area contributed by atoms with Crippen LogP contribution >= 0.6 is 0 Å². The molecule has 0 fully saturated rings. The van der Waals surface area contributed by atoms with Crippen molar-refractivity contribution in [3.05, 3.63) is 29.6 Å². The van der Waals surface area contributed by atoms with Gasteiger partial charge in [0, 0.05) is 13.0 Å². The molecular weight excluding hydrogens is 271 g/mol. The third-order valence-corrected chi connectivity index (χ3v) is 3.14. The lowest BCUT2D eigenvalue weighted by molar-refractivity contribution is 0.0950. The molecule has 0 spiro atoms. The third kappa shape index (κ3) is 4.35. The molecule has 0 aromatic heterocycles. The van der Waals surface area contributed by atoms with Crippen LogP contribution in [0.2, 0.25) is 0 Å². The van der Waals surface area contributed by atoms with Gasteiger partial charge in [-0.3, -0.25) is 4.79 Å². The molecule has 0 atom stereocenters. The summed E-state index contributed by atoms with van der Waals surface area (Å²) in [6, 6.07) is 2.88. The van der Waals surface area contributed by atoms with E-state index in [2.05, 4.69) is 17.2 Å². The molecule has 19 heavy (non-hydrogen) atoms. The molecule has 0 aliphatic rings. The molecule has 0 saturated heterocycles. The number of primary sulfonamides is 1. The van der Waals surface area contributed by atoms with E-state index in [1.165, 1.54) is 0 Å². The maximum absolute atomic E-state index is 13.6. The Morgan fingerprint density at radius 2 is 2.16 bits per heavy atom. The second-order valence-corrected chi connectivity index (χ2v) is 5.18. The van der Waals surface area contributed by atoms with Gasteiger partial charge in [-0.15, -0.1) is 11.8 Å². The molecule has 5 nitrogen and oxygen atoms in total. The minimum Gasteiger partial charge on any atom is -0.351 e. The first kappa shape index (κ1) is 15.1. The molecule has 1 amide bonds. The van der Waals surface area contributed by atoms with Gasteiger partial charge in [-0.25, -0.2) is 17.9 Å². The van der Waals surface area contributed by atoms with Crippen LogP contribution in [0.25, 0.3) is 0 Å². The summed E-state index contributed by atoms with van der Waals surface area (Å²) in [7, 11) is -3.98. The number of hydrogen-bond acceptors (Lipinski definition) is 3. The lowest BCUT2D eigenvalue weighted by atomic mass is 10.2. The van der Waals surface area contributed by atoms with Gasteiger partial charge in [0.1, 0.15) is 5.82 Å². The van der Waals surface area contributed by atoms with Crippen LogP contribution in [0.15, 0.2) is 23.1 Å². The Morgan fingerprint density at radius 1 is 1.47 bits per heavy atom. The number of rotatable bonds is 4. The summed E-state index contributed by atoms with van der Waals surface area (Å²) < 4.78 is 35.6. The van der Waals surface area contributed by atoms with Gasteiger partial charge in [-0.1, -0.05) is 0 Å². The Labute approximate surface area is 111 Å². The highest BCUT2D eigenvalue weighted by Gasteiger charge is 2.15. The molecule has 3 N–H and O–H groups in total. The van der Waals surface area contributed by atoms with Crippen LogP contribution in [-0.4, -0.2) is 20.9 Å². The first-order chi connectivity index (χ1) is 8.86. The van der Waals surface area contributed by atoms with Crippen LogP contribution < -0.4 is 10.5 Å². The fraction of sp³-hybridized carbons (Fsp3) is 0.250. The smallest absolute Gasteiger partial charge is 0.254 e. The van der Waals surface area contributed by atoms with Crippen molar-refractivity contribution in [3.63, 3.8) is 0 Å². The highest BCUT2D eigenvalue weighted by Crippen LogP contribution is 2.13. The van der Waals surface area contributed by atoms with Gasteiger partial charge in [-0.05, 0) is 25.1 Å². The number of amides is 1. The molecule has 0 aliphatic heterocycles. The standard InChI is InChI=1S/C12H13FN2O3S/c1-2-3-4-7-15-12(16)10-6-5-9(8-11(10)13)19(14,17)18/h5-6,8H,4,7H2,1H3,(H,15,16)(H2,14,17,18). The molecule has 0 heterocycles. The normalized spacial score (nSPS) is 10.5. The molecule has 7 heteroatoms. The van der Waals surface area contributed by atoms with Crippen molar-refractivity contribution >= 4 is 15.9 Å². The van der Waals surface area contributed by atoms with E-state index >= 15 is 0 Å². The maximum atomic E-state index is 13.6. The molecule has 0 bridgehead atoms. The van der Waals surface area contributed by atoms with E-state index in [9.17, 15) is 17.6 Å². The number of carbonyl (C=O) groups excluding carboxylic acids is 1. The number of nitrogens with one attached hydrogen (secondary N) is 1. The topological polar surface area (TPSA) is 89.3 Å². The van der Waals surface area contributed by atoms with Gasteiger partial charge in [0.2, 0.25) is 10.0 Å². The second-order valence-electron chi connectivity index (χ2n) is 3.62. The molecule has 0 aliphatic carbocycles. The molecule has 1 aromatic rings. The number of sulfonamides is 1.